The third kappa shape index (κ3) is 14.4. The zero-order valence-electron chi connectivity index (χ0n) is 16.9. The zero-order valence-corrected chi connectivity index (χ0v) is 22.2. The lowest BCUT2D eigenvalue weighted by atomic mass is 10.0. The van der Waals surface area contributed by atoms with Crippen molar-refractivity contribution in [2.24, 2.45) is 0 Å². The number of hydrogen-bond donors (Lipinski definition) is 12. The highest BCUT2D eigenvalue weighted by Gasteiger charge is 2.53. The van der Waals surface area contributed by atoms with Gasteiger partial charge in [-0.1, -0.05) is 0 Å². The van der Waals surface area contributed by atoms with Crippen LogP contribution in [0.25, 0.3) is 0 Å². The largest absolute Gasteiger partial charge is 0.490 e. The monoisotopic (exact) mass is 676 g/mol. The van der Waals surface area contributed by atoms with Crippen LogP contribution in [0.3, 0.4) is 0 Å². The number of carboxylic acid groups (broad SMARTS) is 1. The van der Waals surface area contributed by atoms with Crippen molar-refractivity contribution in [2.75, 3.05) is 6.61 Å². The Labute approximate surface area is 202 Å². The molecular weight excluding hydrogens is 658 g/mol. The molecule has 37 heavy (non-hydrogen) atoms. The summed E-state index contributed by atoms with van der Waals surface area (Å²) in [4.78, 5) is 63.7. The van der Waals surface area contributed by atoms with Gasteiger partial charge in [-0.15, -0.1) is 0 Å². The third-order valence-corrected chi connectivity index (χ3v) is 12.7. The van der Waals surface area contributed by atoms with Crippen molar-refractivity contribution in [2.45, 2.75) is 24.4 Å². The van der Waals surface area contributed by atoms with Gasteiger partial charge in [-0.25, -0.2) is 32.2 Å². The molecule has 0 amide bonds. The van der Waals surface area contributed by atoms with E-state index in [4.69, 9.17) is 60.0 Å². The van der Waals surface area contributed by atoms with Crippen molar-refractivity contribution in [3.63, 3.8) is 0 Å². The van der Waals surface area contributed by atoms with Gasteiger partial charge in [0, 0.05) is 0 Å². The Bertz CT molecular complexity index is 889. The van der Waals surface area contributed by atoms with Crippen LogP contribution in [0.1, 0.15) is 0 Å². The van der Waals surface area contributed by atoms with E-state index in [9.17, 15) is 32.2 Å². The highest BCUT2D eigenvalue weighted by molar-refractivity contribution is 7.75. The molecule has 25 nitrogen and oxygen atoms in total. The summed E-state index contributed by atoms with van der Waals surface area (Å²) in [6.07, 6.45) is -7.84. The molecule has 0 aliphatic carbocycles. The summed E-state index contributed by atoms with van der Waals surface area (Å²) in [5.74, 6) is -1.73. The number of rotatable bonds is 5. The maximum atomic E-state index is 11.2. The summed E-state index contributed by atoms with van der Waals surface area (Å²) >= 11 is 0. The van der Waals surface area contributed by atoms with Crippen molar-refractivity contribution in [3.8, 4) is 0 Å². The Morgan fingerprint density at radius 3 is 0.919 bits per heavy atom. The molecule has 1 fully saturated rings. The molecule has 0 aromatic heterocycles. The second-order valence-corrected chi connectivity index (χ2v) is 15.4. The molecule has 0 saturated carbocycles. The minimum atomic E-state index is -6.11. The number of carboxylic acids is 1. The molecule has 4 atom stereocenters. The van der Waals surface area contributed by atoms with Crippen LogP contribution in [0, 0.1) is 0 Å². The van der Waals surface area contributed by atoms with E-state index in [0.717, 1.165) is 0 Å². The van der Waals surface area contributed by atoms with Crippen molar-refractivity contribution in [3.05, 3.63) is 0 Å². The van der Waals surface area contributed by atoms with Gasteiger partial charge in [0.05, 0.1) is 6.61 Å². The van der Waals surface area contributed by atoms with Crippen LogP contribution in [0.15, 0.2) is 0 Å². The Morgan fingerprint density at radius 1 is 0.541 bits per heavy atom. The quantitative estimate of drug-likeness (QED) is 0.131. The molecular formula is C6H18O25P6. The fraction of sp³-hybridized carbons (Fsp3) is 0.833. The molecule has 222 valence electrons. The molecule has 0 unspecified atom stereocenters. The fourth-order valence-electron chi connectivity index (χ4n) is 1.54. The van der Waals surface area contributed by atoms with Gasteiger partial charge in [0.1, 0.15) is 18.3 Å². The Kier molecular flexibility index (Phi) is 13.3. The molecule has 0 aromatic rings. The van der Waals surface area contributed by atoms with Crippen LogP contribution in [0.5, 0.6) is 0 Å². The lowest BCUT2D eigenvalue weighted by Crippen LogP contribution is -2.48. The standard InChI is InChI=1S/C6H12O7.H6O18P6/c7-1-2(8)3(9)4(10)5(11)6(12)13;1-19(2)13-20(3,4)15-22(7,8)17-24(11,12)18-23(9,10)16-21(5,6)14-19/h2-5,7-11H,1H2,(H,12,13);(H,1,2)(H,3,4)(H,5,6)(H,7,8)(H,9,10)(H,11,12)/t2-,3-,4+,5-;/m1./s1. The molecule has 1 saturated heterocycles. The van der Waals surface area contributed by atoms with Gasteiger partial charge >= 0.3 is 52.9 Å². The fourth-order valence-corrected chi connectivity index (χ4v) is 10.1. The number of aliphatic carboxylic acids is 1. The van der Waals surface area contributed by atoms with Gasteiger partial charge in [-0.2, -0.15) is 25.9 Å². The summed E-state index contributed by atoms with van der Waals surface area (Å²) < 4.78 is 86.9. The smallest absolute Gasteiger partial charge is 0.479 e. The first-order valence-corrected chi connectivity index (χ1v) is 16.9. The van der Waals surface area contributed by atoms with E-state index in [0.29, 0.717) is 0 Å². The lowest BCUT2D eigenvalue weighted by Gasteiger charge is -2.23. The molecule has 1 rings (SSSR count). The van der Waals surface area contributed by atoms with E-state index in [1.807, 2.05) is 0 Å². The van der Waals surface area contributed by atoms with Crippen molar-refractivity contribution >= 4 is 52.9 Å². The van der Waals surface area contributed by atoms with Crippen LogP contribution in [-0.4, -0.2) is 97.0 Å². The number of phosphoric acid groups is 6. The van der Waals surface area contributed by atoms with E-state index < -0.39 is 83.9 Å². The highest BCUT2D eigenvalue weighted by Crippen LogP contribution is 2.79. The maximum Gasteiger partial charge on any atom is 0.490 e. The van der Waals surface area contributed by atoms with Crippen molar-refractivity contribution in [1.29, 1.82) is 0 Å². The average Bonchev–Trinajstić information content (AvgIpc) is 2.58. The molecule has 1 aliphatic rings. The summed E-state index contributed by atoms with van der Waals surface area (Å²) in [5.41, 5.74) is 0. The Balaban J connectivity index is 0.000000845. The normalized spacial score (nSPS) is 43.0. The predicted molar refractivity (Wildman–Crippen MR) is 104 cm³/mol. The maximum absolute atomic E-state index is 11.2. The lowest BCUT2D eigenvalue weighted by molar-refractivity contribution is -0.164. The molecule has 1 heterocycles. The summed E-state index contributed by atoms with van der Waals surface area (Å²) in [6, 6.07) is 0. The Morgan fingerprint density at radius 2 is 0.757 bits per heavy atom. The van der Waals surface area contributed by atoms with Gasteiger partial charge in [-0.05, 0) is 0 Å². The third-order valence-electron chi connectivity index (χ3n) is 2.75. The van der Waals surface area contributed by atoms with Gasteiger partial charge in [0.15, 0.2) is 6.10 Å². The van der Waals surface area contributed by atoms with Crippen molar-refractivity contribution < 1.29 is 118 Å². The van der Waals surface area contributed by atoms with Gasteiger partial charge in [0.25, 0.3) is 0 Å². The van der Waals surface area contributed by atoms with Gasteiger partial charge in [-0.3, -0.25) is 0 Å². The SMILES string of the molecule is O=C(O)[C@H](O)[C@@H](O)[C@H](O)[C@H](O)CO.O=P1(O)OP(=O)(O)OP(=O)(O)OP(=O)(O)OP(=O)(O)OP(=O)(O)O1. The molecule has 1 aliphatic heterocycles. The molecule has 0 aromatic carbocycles. The molecule has 0 radical (unpaired) electrons. The summed E-state index contributed by atoms with van der Waals surface area (Å²) in [7, 11) is -36.7. The zero-order chi connectivity index (χ0) is 29.8. The summed E-state index contributed by atoms with van der Waals surface area (Å²) in [6.45, 7) is -0.843. The second-order valence-electron chi connectivity index (χ2n) is 5.82. The van der Waals surface area contributed by atoms with Crippen LogP contribution in [0.4, 0.5) is 0 Å². The van der Waals surface area contributed by atoms with E-state index in [-0.39, 0.29) is 0 Å². The topological polar surface area (TPSA) is 418 Å². The van der Waals surface area contributed by atoms with E-state index in [1.165, 1.54) is 0 Å². The van der Waals surface area contributed by atoms with Crippen LogP contribution in [-0.2, 0) is 58.0 Å². The van der Waals surface area contributed by atoms with Crippen LogP contribution < -0.4 is 0 Å². The first-order chi connectivity index (χ1) is 16.2. The number of aliphatic hydroxyl groups excluding tert-OH is 5. The van der Waals surface area contributed by atoms with Crippen LogP contribution >= 0.6 is 46.9 Å². The van der Waals surface area contributed by atoms with E-state index in [2.05, 4.69) is 25.9 Å². The van der Waals surface area contributed by atoms with Gasteiger partial charge in [0.2, 0.25) is 0 Å². The van der Waals surface area contributed by atoms with Crippen LogP contribution in [0.2, 0.25) is 0 Å². The predicted octanol–water partition coefficient (Wildman–Crippen LogP) is -2.79. The van der Waals surface area contributed by atoms with E-state index >= 15 is 0 Å². The number of hydrogen-bond acceptors (Lipinski definition) is 18. The number of aliphatic hydroxyl groups is 5. The number of carbonyl (C=O) groups is 1. The highest BCUT2D eigenvalue weighted by atomic mass is 31.3. The second kappa shape index (κ2) is 13.2. The van der Waals surface area contributed by atoms with Gasteiger partial charge < -0.3 is 60.0 Å². The first kappa shape index (κ1) is 37.2. The average molecular weight is 676 g/mol. The molecule has 0 bridgehead atoms. The minimum absolute atomic E-state index is 0.843. The molecule has 0 spiro atoms. The Hall–Kier alpha value is 0.170. The minimum Gasteiger partial charge on any atom is -0.479 e. The first-order valence-electron chi connectivity index (χ1n) is 7.96. The van der Waals surface area contributed by atoms with Crippen molar-refractivity contribution in [1.82, 2.24) is 0 Å². The van der Waals surface area contributed by atoms with E-state index in [1.54, 1.807) is 0 Å². The molecule has 12 N–H and O–H groups in total. The summed E-state index contributed by atoms with van der Waals surface area (Å²) in [5, 5.41) is 51.8. The molecule has 31 heteroatoms.